The predicted octanol–water partition coefficient (Wildman–Crippen LogP) is 4.77. The summed E-state index contributed by atoms with van der Waals surface area (Å²) in [7, 11) is 1.72. The molecule has 112 valence electrons. The molecule has 0 aliphatic rings. The van der Waals surface area contributed by atoms with Crippen molar-refractivity contribution in [2.45, 2.75) is 26.8 Å². The van der Waals surface area contributed by atoms with Crippen LogP contribution in [-0.4, -0.2) is 13.7 Å². The Kier molecular flexibility index (Phi) is 5.43. The molecule has 21 heavy (non-hydrogen) atoms. The summed E-state index contributed by atoms with van der Waals surface area (Å²) < 4.78 is 6.68. The zero-order valence-corrected chi connectivity index (χ0v) is 14.6. The summed E-state index contributed by atoms with van der Waals surface area (Å²) in [5.41, 5.74) is 4.90. The van der Waals surface area contributed by atoms with Crippen LogP contribution in [-0.2, 0) is 0 Å². The fraction of sp³-hybridized carbons (Fsp3) is 0.333. The maximum absolute atomic E-state index is 5.56. The third-order valence-electron chi connectivity index (χ3n) is 3.57. The Morgan fingerprint density at radius 1 is 1.05 bits per heavy atom. The van der Waals surface area contributed by atoms with Gasteiger partial charge < -0.3 is 10.1 Å². The van der Waals surface area contributed by atoms with Crippen LogP contribution in [0.4, 0.5) is 0 Å². The van der Waals surface area contributed by atoms with Crippen LogP contribution in [0.3, 0.4) is 0 Å². The number of benzene rings is 2. The number of methoxy groups -OCH3 is 1. The van der Waals surface area contributed by atoms with E-state index in [1.165, 1.54) is 22.3 Å². The quantitative estimate of drug-likeness (QED) is 0.840. The van der Waals surface area contributed by atoms with Crippen molar-refractivity contribution in [2.24, 2.45) is 0 Å². The van der Waals surface area contributed by atoms with E-state index in [1.54, 1.807) is 7.11 Å². The molecule has 2 rings (SSSR count). The monoisotopic (exact) mass is 347 g/mol. The Morgan fingerprint density at radius 3 is 2.29 bits per heavy atom. The molecule has 0 fully saturated rings. The highest BCUT2D eigenvalue weighted by atomic mass is 79.9. The highest BCUT2D eigenvalue weighted by Crippen LogP contribution is 2.34. The SMILES string of the molecule is CCNC(c1cc(C)ccc1Br)c1cc(C)ccc1OC. The van der Waals surface area contributed by atoms with Crippen LogP contribution in [0.15, 0.2) is 40.9 Å². The summed E-state index contributed by atoms with van der Waals surface area (Å²) in [6.45, 7) is 7.24. The Hall–Kier alpha value is -1.32. The highest BCUT2D eigenvalue weighted by Gasteiger charge is 2.20. The number of hydrogen-bond acceptors (Lipinski definition) is 2. The summed E-state index contributed by atoms with van der Waals surface area (Å²) in [6, 6.07) is 12.9. The molecule has 0 saturated carbocycles. The predicted molar refractivity (Wildman–Crippen MR) is 92.1 cm³/mol. The molecule has 0 saturated heterocycles. The molecule has 2 aromatic rings. The van der Waals surface area contributed by atoms with E-state index in [4.69, 9.17) is 4.74 Å². The van der Waals surface area contributed by atoms with Crippen molar-refractivity contribution in [3.63, 3.8) is 0 Å². The summed E-state index contributed by atoms with van der Waals surface area (Å²) in [5, 5.41) is 3.58. The highest BCUT2D eigenvalue weighted by molar-refractivity contribution is 9.10. The smallest absolute Gasteiger partial charge is 0.124 e. The van der Waals surface area contributed by atoms with Gasteiger partial charge in [-0.2, -0.15) is 0 Å². The minimum Gasteiger partial charge on any atom is -0.496 e. The normalized spacial score (nSPS) is 12.2. The van der Waals surface area contributed by atoms with Gasteiger partial charge in [0, 0.05) is 10.0 Å². The van der Waals surface area contributed by atoms with Crippen LogP contribution in [0.5, 0.6) is 5.75 Å². The van der Waals surface area contributed by atoms with Gasteiger partial charge in [-0.3, -0.25) is 0 Å². The average molecular weight is 348 g/mol. The first-order valence-corrected chi connectivity index (χ1v) is 8.00. The van der Waals surface area contributed by atoms with Crippen LogP contribution in [0.1, 0.15) is 35.2 Å². The first kappa shape index (κ1) is 16.1. The lowest BCUT2D eigenvalue weighted by Crippen LogP contribution is -2.23. The molecule has 1 atom stereocenters. The average Bonchev–Trinajstić information content (AvgIpc) is 2.47. The second-order valence-corrected chi connectivity index (χ2v) is 6.12. The van der Waals surface area contributed by atoms with Crippen molar-refractivity contribution >= 4 is 15.9 Å². The molecule has 0 spiro atoms. The van der Waals surface area contributed by atoms with Gasteiger partial charge in [-0.25, -0.2) is 0 Å². The third kappa shape index (κ3) is 3.66. The van der Waals surface area contributed by atoms with Crippen LogP contribution >= 0.6 is 15.9 Å². The number of ether oxygens (including phenoxy) is 1. The Balaban J connectivity index is 2.58. The fourth-order valence-electron chi connectivity index (χ4n) is 2.56. The lowest BCUT2D eigenvalue weighted by atomic mass is 9.95. The largest absolute Gasteiger partial charge is 0.496 e. The minimum atomic E-state index is 0.110. The van der Waals surface area contributed by atoms with Crippen molar-refractivity contribution in [3.05, 3.63) is 63.1 Å². The third-order valence-corrected chi connectivity index (χ3v) is 4.29. The van der Waals surface area contributed by atoms with Crippen LogP contribution in [0, 0.1) is 13.8 Å². The number of halogens is 1. The van der Waals surface area contributed by atoms with Gasteiger partial charge in [0.05, 0.1) is 13.2 Å². The Bertz CT molecular complexity index is 625. The molecule has 2 nitrogen and oxygen atoms in total. The molecule has 0 heterocycles. The van der Waals surface area contributed by atoms with E-state index >= 15 is 0 Å². The first-order chi connectivity index (χ1) is 10.1. The van der Waals surface area contributed by atoms with Crippen molar-refractivity contribution in [1.82, 2.24) is 5.32 Å². The van der Waals surface area contributed by atoms with Gasteiger partial charge in [-0.15, -0.1) is 0 Å². The molecular weight excluding hydrogens is 326 g/mol. The lowest BCUT2D eigenvalue weighted by Gasteiger charge is -2.23. The van der Waals surface area contributed by atoms with E-state index in [1.807, 2.05) is 6.07 Å². The molecule has 0 aromatic heterocycles. The summed E-state index contributed by atoms with van der Waals surface area (Å²) in [5.74, 6) is 0.917. The van der Waals surface area contributed by atoms with Crippen molar-refractivity contribution < 1.29 is 4.74 Å². The van der Waals surface area contributed by atoms with E-state index in [0.29, 0.717) is 0 Å². The van der Waals surface area contributed by atoms with E-state index in [2.05, 4.69) is 72.3 Å². The van der Waals surface area contributed by atoms with Crippen LogP contribution < -0.4 is 10.1 Å². The molecular formula is C18H22BrNO. The van der Waals surface area contributed by atoms with Crippen LogP contribution in [0.25, 0.3) is 0 Å². The van der Waals surface area contributed by atoms with Crippen molar-refractivity contribution in [2.75, 3.05) is 13.7 Å². The van der Waals surface area contributed by atoms with Crippen molar-refractivity contribution in [3.8, 4) is 5.75 Å². The van der Waals surface area contributed by atoms with Gasteiger partial charge in [0.25, 0.3) is 0 Å². The second-order valence-electron chi connectivity index (χ2n) is 5.26. The van der Waals surface area contributed by atoms with Gasteiger partial charge in [0.15, 0.2) is 0 Å². The maximum atomic E-state index is 5.56. The molecule has 1 unspecified atom stereocenters. The summed E-state index contributed by atoms with van der Waals surface area (Å²) in [4.78, 5) is 0. The fourth-order valence-corrected chi connectivity index (χ4v) is 3.03. The Labute approximate surface area is 135 Å². The molecule has 0 bridgehead atoms. The number of nitrogens with one attached hydrogen (secondary N) is 1. The topological polar surface area (TPSA) is 21.3 Å². The van der Waals surface area contributed by atoms with Gasteiger partial charge in [-0.05, 0) is 38.1 Å². The number of aryl methyl sites for hydroxylation is 2. The molecule has 0 amide bonds. The maximum Gasteiger partial charge on any atom is 0.124 e. The Morgan fingerprint density at radius 2 is 1.67 bits per heavy atom. The second kappa shape index (κ2) is 7.10. The van der Waals surface area contributed by atoms with E-state index in [9.17, 15) is 0 Å². The minimum absolute atomic E-state index is 0.110. The summed E-state index contributed by atoms with van der Waals surface area (Å²) >= 11 is 3.68. The molecule has 2 aromatic carbocycles. The van der Waals surface area contributed by atoms with E-state index in [0.717, 1.165) is 16.8 Å². The lowest BCUT2D eigenvalue weighted by molar-refractivity contribution is 0.404. The molecule has 0 radical (unpaired) electrons. The van der Waals surface area contributed by atoms with E-state index < -0.39 is 0 Å². The molecule has 1 N–H and O–H groups in total. The van der Waals surface area contributed by atoms with Crippen molar-refractivity contribution in [1.29, 1.82) is 0 Å². The first-order valence-electron chi connectivity index (χ1n) is 7.20. The standard InChI is InChI=1S/C18H22BrNO/c1-5-20-18(14-10-12(2)6-8-16(14)19)15-11-13(3)7-9-17(15)21-4/h6-11,18,20H,5H2,1-4H3. The van der Waals surface area contributed by atoms with Gasteiger partial charge in [0.1, 0.15) is 5.75 Å². The van der Waals surface area contributed by atoms with Gasteiger partial charge in [0.2, 0.25) is 0 Å². The number of hydrogen-bond donors (Lipinski definition) is 1. The van der Waals surface area contributed by atoms with Crippen LogP contribution in [0.2, 0.25) is 0 Å². The van der Waals surface area contributed by atoms with Gasteiger partial charge in [-0.1, -0.05) is 58.2 Å². The zero-order chi connectivity index (χ0) is 15.4. The number of rotatable bonds is 5. The van der Waals surface area contributed by atoms with Gasteiger partial charge >= 0.3 is 0 Å². The zero-order valence-electron chi connectivity index (χ0n) is 13.0. The molecule has 3 heteroatoms. The molecule has 0 aliphatic heterocycles. The summed E-state index contributed by atoms with van der Waals surface area (Å²) in [6.07, 6.45) is 0. The van der Waals surface area contributed by atoms with E-state index in [-0.39, 0.29) is 6.04 Å². The molecule has 0 aliphatic carbocycles.